The lowest BCUT2D eigenvalue weighted by atomic mass is 9.95. The summed E-state index contributed by atoms with van der Waals surface area (Å²) in [6.45, 7) is 5.89. The molecule has 0 radical (unpaired) electrons. The monoisotopic (exact) mass is 255 g/mol. The van der Waals surface area contributed by atoms with Gasteiger partial charge in [-0.05, 0) is 25.3 Å². The molecule has 2 fully saturated rings. The van der Waals surface area contributed by atoms with E-state index in [1.54, 1.807) is 0 Å². The largest absolute Gasteiger partial charge is 0.379 e. The average Bonchev–Trinajstić information content (AvgIpc) is 2.88. The number of nitrogens with two attached hydrogens (primary N) is 1. The van der Waals surface area contributed by atoms with Gasteiger partial charge in [-0.1, -0.05) is 6.42 Å². The predicted molar refractivity (Wildman–Crippen MR) is 70.2 cm³/mol. The van der Waals surface area contributed by atoms with E-state index in [1.807, 2.05) is 0 Å². The fourth-order valence-corrected chi connectivity index (χ4v) is 2.96. The molecule has 104 valence electrons. The summed E-state index contributed by atoms with van der Waals surface area (Å²) in [6.07, 6.45) is 3.26. The second-order valence-electron chi connectivity index (χ2n) is 5.28. The molecule has 0 aromatic carbocycles. The van der Waals surface area contributed by atoms with Gasteiger partial charge in [0, 0.05) is 32.1 Å². The van der Waals surface area contributed by atoms with Crippen LogP contribution in [0.3, 0.4) is 0 Å². The van der Waals surface area contributed by atoms with Crippen LogP contribution >= 0.6 is 0 Å². The van der Waals surface area contributed by atoms with E-state index in [0.29, 0.717) is 12.5 Å². The lowest BCUT2D eigenvalue weighted by Gasteiger charge is -2.27. The van der Waals surface area contributed by atoms with Gasteiger partial charge >= 0.3 is 0 Å². The van der Waals surface area contributed by atoms with E-state index in [-0.39, 0.29) is 11.8 Å². The van der Waals surface area contributed by atoms with Crippen molar-refractivity contribution in [1.29, 1.82) is 0 Å². The maximum absolute atomic E-state index is 12.0. The molecule has 1 saturated carbocycles. The molecule has 1 aliphatic carbocycles. The second-order valence-corrected chi connectivity index (χ2v) is 5.28. The van der Waals surface area contributed by atoms with Crippen LogP contribution in [0.25, 0.3) is 0 Å². The summed E-state index contributed by atoms with van der Waals surface area (Å²) in [4.78, 5) is 14.4. The fraction of sp³-hybridized carbons (Fsp3) is 0.923. The van der Waals surface area contributed by atoms with Crippen LogP contribution < -0.4 is 11.1 Å². The van der Waals surface area contributed by atoms with E-state index in [4.69, 9.17) is 10.5 Å². The van der Waals surface area contributed by atoms with E-state index in [2.05, 4.69) is 10.2 Å². The molecule has 0 bridgehead atoms. The van der Waals surface area contributed by atoms with E-state index in [9.17, 15) is 4.79 Å². The van der Waals surface area contributed by atoms with Gasteiger partial charge in [0.2, 0.25) is 5.91 Å². The van der Waals surface area contributed by atoms with Gasteiger partial charge in [0.25, 0.3) is 0 Å². The van der Waals surface area contributed by atoms with E-state index < -0.39 is 0 Å². The fourth-order valence-electron chi connectivity index (χ4n) is 2.96. The van der Waals surface area contributed by atoms with E-state index in [1.165, 1.54) is 0 Å². The Morgan fingerprint density at radius 2 is 2.11 bits per heavy atom. The summed E-state index contributed by atoms with van der Waals surface area (Å²) in [7, 11) is 0. The minimum Gasteiger partial charge on any atom is -0.379 e. The number of nitrogens with one attached hydrogen (secondary N) is 1. The van der Waals surface area contributed by atoms with Crippen molar-refractivity contribution in [2.45, 2.75) is 19.3 Å². The van der Waals surface area contributed by atoms with Crippen LogP contribution in [0.15, 0.2) is 0 Å². The summed E-state index contributed by atoms with van der Waals surface area (Å²) in [5.41, 5.74) is 5.71. The third kappa shape index (κ3) is 3.67. The first-order valence-electron chi connectivity index (χ1n) is 7.09. The van der Waals surface area contributed by atoms with Gasteiger partial charge in [-0.2, -0.15) is 0 Å². The lowest BCUT2D eigenvalue weighted by molar-refractivity contribution is -0.126. The Labute approximate surface area is 109 Å². The van der Waals surface area contributed by atoms with Crippen LogP contribution in [-0.4, -0.2) is 56.7 Å². The summed E-state index contributed by atoms with van der Waals surface area (Å²) < 4.78 is 5.29. The Morgan fingerprint density at radius 3 is 2.83 bits per heavy atom. The molecule has 1 amide bonds. The number of carbonyl (C=O) groups is 1. The standard InChI is InChI=1S/C13H25N3O2/c14-10-11-2-1-3-12(11)13(17)15-4-5-16-6-8-18-9-7-16/h11-12H,1-10,14H2,(H,15,17)/t11-,12-/m1/s1. The highest BCUT2D eigenvalue weighted by Gasteiger charge is 2.31. The number of ether oxygens (including phenoxy) is 1. The summed E-state index contributed by atoms with van der Waals surface area (Å²) in [6, 6.07) is 0. The Kier molecular flexibility index (Phi) is 5.41. The van der Waals surface area contributed by atoms with Crippen molar-refractivity contribution < 1.29 is 9.53 Å². The number of carbonyl (C=O) groups excluding carboxylic acids is 1. The molecular weight excluding hydrogens is 230 g/mol. The minimum atomic E-state index is 0.152. The number of amides is 1. The van der Waals surface area contributed by atoms with Crippen molar-refractivity contribution in [2.24, 2.45) is 17.6 Å². The molecular formula is C13H25N3O2. The Balaban J connectivity index is 1.64. The van der Waals surface area contributed by atoms with Crippen LogP contribution in [0.1, 0.15) is 19.3 Å². The summed E-state index contributed by atoms with van der Waals surface area (Å²) in [5.74, 6) is 0.754. The van der Waals surface area contributed by atoms with Gasteiger partial charge in [-0.15, -0.1) is 0 Å². The van der Waals surface area contributed by atoms with Gasteiger partial charge in [0.1, 0.15) is 0 Å². The molecule has 5 nitrogen and oxygen atoms in total. The normalized spacial score (nSPS) is 29.4. The molecule has 1 aliphatic heterocycles. The summed E-state index contributed by atoms with van der Waals surface area (Å²) >= 11 is 0. The van der Waals surface area contributed by atoms with Gasteiger partial charge < -0.3 is 15.8 Å². The van der Waals surface area contributed by atoms with Crippen molar-refractivity contribution in [3.8, 4) is 0 Å². The Hall–Kier alpha value is -0.650. The zero-order chi connectivity index (χ0) is 12.8. The zero-order valence-corrected chi connectivity index (χ0v) is 11.1. The maximum atomic E-state index is 12.0. The first-order valence-corrected chi connectivity index (χ1v) is 7.09. The number of hydrogen-bond acceptors (Lipinski definition) is 4. The van der Waals surface area contributed by atoms with Gasteiger partial charge in [-0.3, -0.25) is 9.69 Å². The third-order valence-corrected chi connectivity index (χ3v) is 4.13. The lowest BCUT2D eigenvalue weighted by Crippen LogP contribution is -2.43. The maximum Gasteiger partial charge on any atom is 0.223 e. The molecule has 0 aromatic rings. The summed E-state index contributed by atoms with van der Waals surface area (Å²) in [5, 5.41) is 3.06. The van der Waals surface area contributed by atoms with Gasteiger partial charge in [0.15, 0.2) is 0 Å². The highest BCUT2D eigenvalue weighted by atomic mass is 16.5. The highest BCUT2D eigenvalue weighted by Crippen LogP contribution is 2.30. The molecule has 1 heterocycles. The average molecular weight is 255 g/mol. The first kappa shape index (κ1) is 13.8. The molecule has 2 atom stereocenters. The number of nitrogens with zero attached hydrogens (tertiary/aromatic N) is 1. The van der Waals surface area contributed by atoms with Gasteiger partial charge in [0.05, 0.1) is 13.2 Å². The van der Waals surface area contributed by atoms with Crippen molar-refractivity contribution in [1.82, 2.24) is 10.2 Å². The molecule has 3 N–H and O–H groups in total. The third-order valence-electron chi connectivity index (χ3n) is 4.13. The molecule has 0 spiro atoms. The number of hydrogen-bond donors (Lipinski definition) is 2. The van der Waals surface area contributed by atoms with Crippen LogP contribution in [0.4, 0.5) is 0 Å². The van der Waals surface area contributed by atoms with Crippen molar-refractivity contribution in [3.05, 3.63) is 0 Å². The van der Waals surface area contributed by atoms with Crippen LogP contribution in [0.5, 0.6) is 0 Å². The molecule has 2 aliphatic rings. The minimum absolute atomic E-state index is 0.152. The van der Waals surface area contributed by atoms with Gasteiger partial charge in [-0.25, -0.2) is 0 Å². The van der Waals surface area contributed by atoms with Crippen molar-refractivity contribution in [3.63, 3.8) is 0 Å². The van der Waals surface area contributed by atoms with E-state index in [0.717, 1.165) is 58.7 Å². The molecule has 2 rings (SSSR count). The van der Waals surface area contributed by atoms with Crippen LogP contribution in [0.2, 0.25) is 0 Å². The van der Waals surface area contributed by atoms with Crippen molar-refractivity contribution in [2.75, 3.05) is 45.9 Å². The molecule has 18 heavy (non-hydrogen) atoms. The van der Waals surface area contributed by atoms with Crippen LogP contribution in [0, 0.1) is 11.8 Å². The topological polar surface area (TPSA) is 67.6 Å². The molecule has 1 saturated heterocycles. The van der Waals surface area contributed by atoms with E-state index >= 15 is 0 Å². The first-order chi connectivity index (χ1) is 8.81. The SMILES string of the molecule is NC[C@H]1CCC[C@H]1C(=O)NCCN1CCOCC1. The second kappa shape index (κ2) is 7.07. The molecule has 5 heteroatoms. The Morgan fingerprint density at radius 1 is 1.33 bits per heavy atom. The predicted octanol–water partition coefficient (Wildman–Crippen LogP) is -0.190. The highest BCUT2D eigenvalue weighted by molar-refractivity contribution is 5.79. The smallest absolute Gasteiger partial charge is 0.223 e. The number of rotatable bonds is 5. The molecule has 0 aromatic heterocycles. The Bertz CT molecular complexity index is 267. The van der Waals surface area contributed by atoms with Crippen LogP contribution in [-0.2, 0) is 9.53 Å². The quantitative estimate of drug-likeness (QED) is 0.714. The number of morpholine rings is 1. The zero-order valence-electron chi connectivity index (χ0n) is 11.1. The van der Waals surface area contributed by atoms with Crippen molar-refractivity contribution >= 4 is 5.91 Å². The molecule has 0 unspecified atom stereocenters.